The van der Waals surface area contributed by atoms with Crippen LogP contribution in [0.4, 0.5) is 0 Å². The van der Waals surface area contributed by atoms with E-state index in [1.807, 2.05) is 19.1 Å². The molecule has 1 aromatic carbocycles. The topological polar surface area (TPSA) is 58.2 Å². The van der Waals surface area contributed by atoms with Crippen molar-refractivity contribution in [1.82, 2.24) is 10.6 Å². The van der Waals surface area contributed by atoms with Crippen molar-refractivity contribution in [2.24, 2.45) is 0 Å². The van der Waals surface area contributed by atoms with Crippen molar-refractivity contribution in [3.8, 4) is 0 Å². The molecule has 1 unspecified atom stereocenters. The highest BCUT2D eigenvalue weighted by Crippen LogP contribution is 2.06. The van der Waals surface area contributed by atoms with Gasteiger partial charge in [-0.15, -0.1) is 0 Å². The van der Waals surface area contributed by atoms with Crippen LogP contribution in [0.15, 0.2) is 24.3 Å². The fraction of sp³-hybridized carbons (Fsp3) is 0.385. The largest absolute Gasteiger partial charge is 0.354 e. The molecule has 0 spiro atoms. The molecular weight excluding hydrogens is 216 g/mol. The first kappa shape index (κ1) is 11.6. The number of carbonyl (C=O) groups is 2. The van der Waals surface area contributed by atoms with Gasteiger partial charge in [-0.3, -0.25) is 9.59 Å². The number of hydrogen-bond donors (Lipinski definition) is 2. The van der Waals surface area contributed by atoms with Gasteiger partial charge in [0.15, 0.2) is 0 Å². The maximum atomic E-state index is 11.9. The summed E-state index contributed by atoms with van der Waals surface area (Å²) in [6.45, 7) is 2.67. The molecule has 4 heteroatoms. The zero-order valence-electron chi connectivity index (χ0n) is 9.82. The summed E-state index contributed by atoms with van der Waals surface area (Å²) in [5.74, 6) is -0.274. The summed E-state index contributed by atoms with van der Waals surface area (Å²) in [7, 11) is 0. The van der Waals surface area contributed by atoms with E-state index in [1.54, 1.807) is 12.1 Å². The number of rotatable bonds is 2. The van der Waals surface area contributed by atoms with Gasteiger partial charge in [0.05, 0.1) is 0 Å². The number of hydrogen-bond acceptors (Lipinski definition) is 2. The Labute approximate surface area is 100 Å². The molecule has 0 bridgehead atoms. The third kappa shape index (κ3) is 2.84. The molecule has 0 aromatic heterocycles. The van der Waals surface area contributed by atoms with Gasteiger partial charge in [0, 0.05) is 12.1 Å². The number of amides is 2. The first-order valence-electron chi connectivity index (χ1n) is 5.82. The van der Waals surface area contributed by atoms with Crippen LogP contribution in [-0.4, -0.2) is 24.4 Å². The molecule has 2 N–H and O–H groups in total. The standard InChI is InChI=1S/C13H16N2O2/c1-9-4-6-10(7-5-9)12(16)15-11-3-2-8-14-13(11)17/h4-7,11H,2-3,8H2,1H3,(H,14,17)(H,15,16). The number of piperidine rings is 1. The predicted molar refractivity (Wildman–Crippen MR) is 64.7 cm³/mol. The molecule has 1 aromatic rings. The third-order valence-corrected chi connectivity index (χ3v) is 2.90. The highest BCUT2D eigenvalue weighted by Gasteiger charge is 2.23. The van der Waals surface area contributed by atoms with Gasteiger partial charge in [0.1, 0.15) is 6.04 Å². The van der Waals surface area contributed by atoms with E-state index in [4.69, 9.17) is 0 Å². The molecule has 90 valence electrons. The van der Waals surface area contributed by atoms with Crippen LogP contribution in [0.2, 0.25) is 0 Å². The Bertz CT molecular complexity index is 426. The van der Waals surface area contributed by atoms with Gasteiger partial charge in [-0.25, -0.2) is 0 Å². The van der Waals surface area contributed by atoms with Crippen LogP contribution in [0, 0.1) is 6.92 Å². The Morgan fingerprint density at radius 2 is 2.06 bits per heavy atom. The average molecular weight is 232 g/mol. The number of nitrogens with one attached hydrogen (secondary N) is 2. The first-order valence-corrected chi connectivity index (χ1v) is 5.82. The van der Waals surface area contributed by atoms with Gasteiger partial charge >= 0.3 is 0 Å². The summed E-state index contributed by atoms with van der Waals surface area (Å²) in [4.78, 5) is 23.4. The maximum Gasteiger partial charge on any atom is 0.251 e. The normalized spacial score (nSPS) is 19.6. The molecule has 17 heavy (non-hydrogen) atoms. The zero-order valence-corrected chi connectivity index (χ0v) is 9.82. The summed E-state index contributed by atoms with van der Waals surface area (Å²) in [5.41, 5.74) is 1.70. The minimum atomic E-state index is -0.391. The van der Waals surface area contributed by atoms with Gasteiger partial charge in [-0.05, 0) is 31.9 Å². The molecule has 0 radical (unpaired) electrons. The Balaban J connectivity index is 2.01. The molecule has 2 amide bonds. The molecular formula is C13H16N2O2. The summed E-state index contributed by atoms with van der Waals surface area (Å²) < 4.78 is 0. The summed E-state index contributed by atoms with van der Waals surface area (Å²) >= 11 is 0. The highest BCUT2D eigenvalue weighted by atomic mass is 16.2. The molecule has 2 rings (SSSR count). The van der Waals surface area contributed by atoms with E-state index in [1.165, 1.54) is 0 Å². The molecule has 1 aliphatic heterocycles. The molecule has 1 saturated heterocycles. The van der Waals surface area contributed by atoms with Crippen LogP contribution in [0.3, 0.4) is 0 Å². The SMILES string of the molecule is Cc1ccc(C(=O)NC2CCCNC2=O)cc1. The number of aryl methyl sites for hydroxylation is 1. The highest BCUT2D eigenvalue weighted by molar-refractivity contribution is 5.97. The van der Waals surface area contributed by atoms with E-state index in [0.29, 0.717) is 18.5 Å². The fourth-order valence-corrected chi connectivity index (χ4v) is 1.86. The smallest absolute Gasteiger partial charge is 0.251 e. The quantitative estimate of drug-likeness (QED) is 0.799. The number of carbonyl (C=O) groups excluding carboxylic acids is 2. The lowest BCUT2D eigenvalue weighted by Gasteiger charge is -2.22. The zero-order chi connectivity index (χ0) is 12.3. The number of benzene rings is 1. The minimum Gasteiger partial charge on any atom is -0.354 e. The lowest BCUT2D eigenvalue weighted by atomic mass is 10.1. The molecule has 4 nitrogen and oxygen atoms in total. The monoisotopic (exact) mass is 232 g/mol. The van der Waals surface area contributed by atoms with Gasteiger partial charge in [0.2, 0.25) is 5.91 Å². The van der Waals surface area contributed by atoms with Crippen molar-refractivity contribution >= 4 is 11.8 Å². The van der Waals surface area contributed by atoms with Crippen molar-refractivity contribution in [3.63, 3.8) is 0 Å². The van der Waals surface area contributed by atoms with E-state index >= 15 is 0 Å². The Hall–Kier alpha value is -1.84. The van der Waals surface area contributed by atoms with Gasteiger partial charge in [0.25, 0.3) is 5.91 Å². The first-order chi connectivity index (χ1) is 8.16. The van der Waals surface area contributed by atoms with Gasteiger partial charge in [-0.1, -0.05) is 17.7 Å². The molecule has 1 heterocycles. The molecule has 0 saturated carbocycles. The Morgan fingerprint density at radius 1 is 1.35 bits per heavy atom. The second-order valence-corrected chi connectivity index (χ2v) is 4.33. The van der Waals surface area contributed by atoms with Crippen LogP contribution < -0.4 is 10.6 Å². The van der Waals surface area contributed by atoms with Crippen LogP contribution in [0.5, 0.6) is 0 Å². The van der Waals surface area contributed by atoms with Crippen LogP contribution >= 0.6 is 0 Å². The Kier molecular flexibility index (Phi) is 3.42. The lowest BCUT2D eigenvalue weighted by molar-refractivity contribution is -0.124. The fourth-order valence-electron chi connectivity index (χ4n) is 1.86. The van der Waals surface area contributed by atoms with E-state index < -0.39 is 6.04 Å². The maximum absolute atomic E-state index is 11.9. The van der Waals surface area contributed by atoms with Crippen molar-refractivity contribution in [1.29, 1.82) is 0 Å². The average Bonchev–Trinajstić information content (AvgIpc) is 2.33. The van der Waals surface area contributed by atoms with E-state index in [-0.39, 0.29) is 11.8 Å². The summed E-state index contributed by atoms with van der Waals surface area (Å²) in [6, 6.07) is 6.92. The van der Waals surface area contributed by atoms with Crippen molar-refractivity contribution in [3.05, 3.63) is 35.4 Å². The predicted octanol–water partition coefficient (Wildman–Crippen LogP) is 1.00. The van der Waals surface area contributed by atoms with E-state index in [2.05, 4.69) is 10.6 Å². The van der Waals surface area contributed by atoms with E-state index in [9.17, 15) is 9.59 Å². The van der Waals surface area contributed by atoms with Crippen molar-refractivity contribution in [2.45, 2.75) is 25.8 Å². The molecule has 1 fully saturated rings. The second-order valence-electron chi connectivity index (χ2n) is 4.33. The lowest BCUT2D eigenvalue weighted by Crippen LogP contribution is -2.50. The molecule has 1 atom stereocenters. The van der Waals surface area contributed by atoms with Crippen LogP contribution in [0.25, 0.3) is 0 Å². The van der Waals surface area contributed by atoms with Crippen molar-refractivity contribution in [2.75, 3.05) is 6.54 Å². The summed E-state index contributed by atoms with van der Waals surface area (Å²) in [5, 5.41) is 5.50. The summed E-state index contributed by atoms with van der Waals surface area (Å²) in [6.07, 6.45) is 1.62. The van der Waals surface area contributed by atoms with Gasteiger partial charge < -0.3 is 10.6 Å². The second kappa shape index (κ2) is 4.99. The van der Waals surface area contributed by atoms with Crippen LogP contribution in [0.1, 0.15) is 28.8 Å². The van der Waals surface area contributed by atoms with Gasteiger partial charge in [-0.2, -0.15) is 0 Å². The van der Waals surface area contributed by atoms with Crippen molar-refractivity contribution < 1.29 is 9.59 Å². The van der Waals surface area contributed by atoms with E-state index in [0.717, 1.165) is 12.0 Å². The van der Waals surface area contributed by atoms with Crippen LogP contribution in [-0.2, 0) is 4.79 Å². The minimum absolute atomic E-state index is 0.0864. The molecule has 1 aliphatic rings. The third-order valence-electron chi connectivity index (χ3n) is 2.90. The molecule has 0 aliphatic carbocycles. The Morgan fingerprint density at radius 3 is 2.71 bits per heavy atom.